The maximum atomic E-state index is 13.0. The molecule has 488 valence electrons. The minimum Gasteiger partial charge on any atom is -0.462 e. The summed E-state index contributed by atoms with van der Waals surface area (Å²) >= 11 is 0. The fourth-order valence-corrected chi connectivity index (χ4v) is 11.5. The number of esters is 3. The predicted octanol–water partition coefficient (Wildman–Crippen LogP) is 25.9. The molecule has 6 nitrogen and oxygen atoms in total. The zero-order valence-electron chi connectivity index (χ0n) is 56.2. The van der Waals surface area contributed by atoms with Crippen LogP contribution < -0.4 is 0 Å². The largest absolute Gasteiger partial charge is 0.462 e. The van der Waals surface area contributed by atoms with Crippen molar-refractivity contribution in [3.05, 3.63) is 36.5 Å². The topological polar surface area (TPSA) is 78.9 Å². The van der Waals surface area contributed by atoms with Crippen LogP contribution in [0.4, 0.5) is 0 Å². The summed E-state index contributed by atoms with van der Waals surface area (Å²) < 4.78 is 17.0. The minimum absolute atomic E-state index is 0.0650. The van der Waals surface area contributed by atoms with Crippen LogP contribution >= 0.6 is 0 Å². The highest BCUT2D eigenvalue weighted by Gasteiger charge is 2.20. The van der Waals surface area contributed by atoms with E-state index >= 15 is 0 Å². The average Bonchev–Trinajstić information content (AvgIpc) is 3.49. The summed E-state index contributed by atoms with van der Waals surface area (Å²) in [5, 5.41) is 0. The lowest BCUT2D eigenvalue weighted by Crippen LogP contribution is -2.30. The summed E-state index contributed by atoms with van der Waals surface area (Å²) in [4.78, 5) is 38.5. The van der Waals surface area contributed by atoms with Gasteiger partial charge in [-0.2, -0.15) is 0 Å². The highest BCUT2D eigenvalue weighted by Crippen LogP contribution is 2.19. The predicted molar refractivity (Wildman–Crippen MR) is 362 cm³/mol. The number of allylic oxidation sites excluding steroid dienone is 6. The van der Waals surface area contributed by atoms with Crippen molar-refractivity contribution < 1.29 is 28.6 Å². The van der Waals surface area contributed by atoms with Gasteiger partial charge in [0.05, 0.1) is 0 Å². The Morgan fingerprint density at radius 1 is 0.241 bits per heavy atom. The van der Waals surface area contributed by atoms with E-state index in [9.17, 15) is 14.4 Å². The third-order valence-corrected chi connectivity index (χ3v) is 17.1. The molecule has 6 heteroatoms. The molecule has 1 unspecified atom stereocenters. The molecule has 0 aromatic heterocycles. The first-order valence-corrected chi connectivity index (χ1v) is 37.5. The second-order valence-corrected chi connectivity index (χ2v) is 25.6. The summed E-state index contributed by atoms with van der Waals surface area (Å²) in [6.07, 6.45) is 90.4. The molecular weight excluding hydrogens is 1020 g/mol. The first kappa shape index (κ1) is 80.6. The molecule has 0 aromatic carbocycles. The van der Waals surface area contributed by atoms with Gasteiger partial charge in [0.15, 0.2) is 6.10 Å². The summed E-state index contributed by atoms with van der Waals surface area (Å²) in [6, 6.07) is 0. The fourth-order valence-electron chi connectivity index (χ4n) is 11.5. The lowest BCUT2D eigenvalue weighted by molar-refractivity contribution is -0.167. The number of ether oxygens (including phenoxy) is 3. The van der Waals surface area contributed by atoms with E-state index in [1.165, 1.54) is 308 Å². The van der Waals surface area contributed by atoms with Crippen LogP contribution in [0.1, 0.15) is 419 Å². The normalized spacial score (nSPS) is 12.2. The Morgan fingerprint density at radius 3 is 0.675 bits per heavy atom. The minimum atomic E-state index is -0.769. The third kappa shape index (κ3) is 70.3. The molecule has 0 saturated carbocycles. The van der Waals surface area contributed by atoms with Crippen molar-refractivity contribution in [2.45, 2.75) is 425 Å². The Kier molecular flexibility index (Phi) is 70.0. The van der Waals surface area contributed by atoms with Crippen molar-refractivity contribution in [1.82, 2.24) is 0 Å². The molecule has 0 rings (SSSR count). The highest BCUT2D eigenvalue weighted by molar-refractivity contribution is 5.71. The second kappa shape index (κ2) is 72.1. The van der Waals surface area contributed by atoms with E-state index < -0.39 is 6.10 Å². The second-order valence-electron chi connectivity index (χ2n) is 25.6. The zero-order valence-corrected chi connectivity index (χ0v) is 56.2. The summed E-state index contributed by atoms with van der Waals surface area (Å²) in [5.74, 6) is -0.831. The van der Waals surface area contributed by atoms with Gasteiger partial charge in [0.25, 0.3) is 0 Å². The number of unbranched alkanes of at least 4 members (excludes halogenated alkanes) is 53. The van der Waals surface area contributed by atoms with Gasteiger partial charge in [0, 0.05) is 19.3 Å². The van der Waals surface area contributed by atoms with Crippen LogP contribution in [0.5, 0.6) is 0 Å². The number of hydrogen-bond acceptors (Lipinski definition) is 6. The number of hydrogen-bond donors (Lipinski definition) is 0. The first-order chi connectivity index (χ1) is 41.0. The third-order valence-electron chi connectivity index (χ3n) is 17.1. The average molecular weight is 1170 g/mol. The Bertz CT molecular complexity index is 1380. The molecule has 0 N–H and O–H groups in total. The lowest BCUT2D eigenvalue weighted by Gasteiger charge is -2.18. The summed E-state index contributed by atoms with van der Waals surface area (Å²) in [6.45, 7) is 6.71. The molecule has 1 atom stereocenters. The van der Waals surface area contributed by atoms with Gasteiger partial charge in [0.1, 0.15) is 13.2 Å². The molecule has 0 spiro atoms. The Balaban J connectivity index is 4.19. The van der Waals surface area contributed by atoms with Crippen LogP contribution in [0.3, 0.4) is 0 Å². The van der Waals surface area contributed by atoms with Crippen molar-refractivity contribution in [2.24, 2.45) is 0 Å². The molecule has 83 heavy (non-hydrogen) atoms. The molecule has 0 bridgehead atoms. The Morgan fingerprint density at radius 2 is 0.434 bits per heavy atom. The van der Waals surface area contributed by atoms with Crippen LogP contribution in [0.2, 0.25) is 0 Å². The number of carbonyl (C=O) groups is 3. The summed E-state index contributed by atoms with van der Waals surface area (Å²) in [7, 11) is 0. The number of carbonyl (C=O) groups excluding carboxylic acids is 3. The Hall–Kier alpha value is -2.37. The number of rotatable bonds is 70. The van der Waals surface area contributed by atoms with Crippen molar-refractivity contribution in [3.63, 3.8) is 0 Å². The molecule has 0 radical (unpaired) electrons. The van der Waals surface area contributed by atoms with Gasteiger partial charge in [-0.25, -0.2) is 0 Å². The van der Waals surface area contributed by atoms with Gasteiger partial charge in [-0.15, -0.1) is 0 Å². The maximum absolute atomic E-state index is 13.0. The van der Waals surface area contributed by atoms with Crippen LogP contribution in [-0.4, -0.2) is 37.2 Å². The molecule has 0 aliphatic heterocycles. The van der Waals surface area contributed by atoms with Crippen molar-refractivity contribution in [3.8, 4) is 0 Å². The molecule has 0 aromatic rings. The Labute approximate surface area is 518 Å². The molecular formula is C77H144O6. The van der Waals surface area contributed by atoms with E-state index in [2.05, 4.69) is 57.2 Å². The van der Waals surface area contributed by atoms with Crippen LogP contribution in [-0.2, 0) is 28.6 Å². The lowest BCUT2D eigenvalue weighted by atomic mass is 10.0. The molecule has 0 amide bonds. The van der Waals surface area contributed by atoms with Gasteiger partial charge in [-0.1, -0.05) is 378 Å². The van der Waals surface area contributed by atoms with Crippen LogP contribution in [0.15, 0.2) is 36.5 Å². The van der Waals surface area contributed by atoms with Crippen LogP contribution in [0.25, 0.3) is 0 Å². The van der Waals surface area contributed by atoms with E-state index in [-0.39, 0.29) is 31.1 Å². The standard InChI is InChI=1S/C77H144O6/c1-4-7-10-13-16-19-22-25-27-29-31-33-35-36-37-38-39-40-42-43-45-47-49-52-55-58-61-64-67-70-76(79)82-73-74(72-81-75(78)69-66-63-60-57-54-51-24-21-18-15-12-9-6-3)83-77(80)71-68-65-62-59-56-53-50-48-46-44-41-34-32-30-28-26-23-20-17-14-11-8-5-2/h22,25,29,31,35-36,74H,4-21,23-24,26-28,30,32-34,37-73H2,1-3H3/b25-22-,31-29-,36-35-. The van der Waals surface area contributed by atoms with Gasteiger partial charge >= 0.3 is 17.9 Å². The van der Waals surface area contributed by atoms with Crippen molar-refractivity contribution >= 4 is 17.9 Å². The molecule has 0 aliphatic carbocycles. The van der Waals surface area contributed by atoms with Gasteiger partial charge in [-0.3, -0.25) is 14.4 Å². The van der Waals surface area contributed by atoms with Crippen molar-refractivity contribution in [2.75, 3.05) is 13.2 Å². The smallest absolute Gasteiger partial charge is 0.306 e. The quantitative estimate of drug-likeness (QED) is 0.0261. The van der Waals surface area contributed by atoms with E-state index in [0.717, 1.165) is 70.6 Å². The molecule has 0 aliphatic rings. The van der Waals surface area contributed by atoms with E-state index in [1.54, 1.807) is 0 Å². The molecule has 0 heterocycles. The van der Waals surface area contributed by atoms with Gasteiger partial charge in [0.2, 0.25) is 0 Å². The van der Waals surface area contributed by atoms with E-state index in [4.69, 9.17) is 14.2 Å². The van der Waals surface area contributed by atoms with E-state index in [1.807, 2.05) is 0 Å². The zero-order chi connectivity index (χ0) is 59.9. The van der Waals surface area contributed by atoms with Gasteiger partial charge < -0.3 is 14.2 Å². The molecule has 0 fully saturated rings. The maximum Gasteiger partial charge on any atom is 0.306 e. The van der Waals surface area contributed by atoms with E-state index in [0.29, 0.717) is 19.3 Å². The van der Waals surface area contributed by atoms with Crippen molar-refractivity contribution in [1.29, 1.82) is 0 Å². The SMILES string of the molecule is CCCCCCC/C=C\C/C=C\C/C=C\CCCCCCCCCCCCCCCCC(=O)OCC(COC(=O)CCCCCCCCCCCCCCC)OC(=O)CCCCCCCCCCCCCCCCCCCCCCCCC. The first-order valence-electron chi connectivity index (χ1n) is 37.5. The molecule has 0 saturated heterocycles. The summed E-state index contributed by atoms with van der Waals surface area (Å²) in [5.41, 5.74) is 0. The highest BCUT2D eigenvalue weighted by atomic mass is 16.6. The van der Waals surface area contributed by atoms with Crippen LogP contribution in [0, 0.1) is 0 Å². The monoisotopic (exact) mass is 1170 g/mol. The van der Waals surface area contributed by atoms with Gasteiger partial charge in [-0.05, 0) is 57.8 Å². The fraction of sp³-hybridized carbons (Fsp3) is 0.883.